The molecule has 0 aromatic heterocycles. The molecule has 13 heavy (non-hydrogen) atoms. The van der Waals surface area contributed by atoms with Gasteiger partial charge in [0, 0.05) is 0 Å². The van der Waals surface area contributed by atoms with Crippen LogP contribution in [0.3, 0.4) is 0 Å². The third kappa shape index (κ3) is 3.31. The fourth-order valence-electron chi connectivity index (χ4n) is 1.05. The number of hydrogen-bond donors (Lipinski definition) is 0. The summed E-state index contributed by atoms with van der Waals surface area (Å²) in [5.41, 5.74) is 1.76. The molecule has 1 aromatic rings. The van der Waals surface area contributed by atoms with Gasteiger partial charge in [0.25, 0.3) is 0 Å². The molecule has 0 unspecified atom stereocenters. The number of para-hydroxylation sites is 1. The second-order valence-electron chi connectivity index (χ2n) is 2.73. The molecule has 0 heterocycles. The van der Waals surface area contributed by atoms with Gasteiger partial charge in [-0.3, -0.25) is 0 Å². The summed E-state index contributed by atoms with van der Waals surface area (Å²) in [7, 11) is 10.7. The van der Waals surface area contributed by atoms with Gasteiger partial charge in [-0.25, -0.2) is 0 Å². The Bertz CT molecular complexity index is 339. The molecular formula is C8H9Cl2O2V. The maximum absolute atomic E-state index is 11.1. The number of aryl methyl sites for hydroxylation is 2. The van der Waals surface area contributed by atoms with Crippen LogP contribution in [0.25, 0.3) is 0 Å². The van der Waals surface area contributed by atoms with Gasteiger partial charge >= 0.3 is 88.4 Å². The zero-order valence-corrected chi connectivity index (χ0v) is 10.2. The average Bonchev–Trinajstić information content (AvgIpc) is 1.95. The van der Waals surface area contributed by atoms with Gasteiger partial charge in [-0.05, 0) is 0 Å². The Kier molecular flexibility index (Phi) is 3.41. The van der Waals surface area contributed by atoms with Crippen molar-refractivity contribution in [1.82, 2.24) is 0 Å². The number of hydrogen-bond acceptors (Lipinski definition) is 2. The van der Waals surface area contributed by atoms with E-state index < -0.39 is 12.4 Å². The third-order valence-electron chi connectivity index (χ3n) is 1.61. The molecule has 0 amide bonds. The molecule has 72 valence electrons. The molecular weight excluding hydrogens is 250 g/mol. The molecule has 0 aliphatic carbocycles. The van der Waals surface area contributed by atoms with Crippen LogP contribution in [0.5, 0.6) is 5.75 Å². The normalized spacial score (nSPS) is 11.4. The molecule has 0 saturated heterocycles. The van der Waals surface area contributed by atoms with Gasteiger partial charge in [-0.15, -0.1) is 0 Å². The Hall–Kier alpha value is -0.0156. The van der Waals surface area contributed by atoms with Gasteiger partial charge in [-0.2, -0.15) is 0 Å². The van der Waals surface area contributed by atoms with E-state index in [0.717, 1.165) is 11.1 Å². The molecule has 5 heteroatoms. The van der Waals surface area contributed by atoms with Crippen LogP contribution in [0.4, 0.5) is 0 Å². The van der Waals surface area contributed by atoms with Crippen molar-refractivity contribution in [3.05, 3.63) is 29.3 Å². The zero-order chi connectivity index (χ0) is 10.1. The van der Waals surface area contributed by atoms with Crippen molar-refractivity contribution in [1.29, 1.82) is 0 Å². The van der Waals surface area contributed by atoms with Crippen LogP contribution in [0.2, 0.25) is 0 Å². The fraction of sp³-hybridized carbons (Fsp3) is 0.250. The summed E-state index contributed by atoms with van der Waals surface area (Å²) >= 11 is -4.09. The quantitative estimate of drug-likeness (QED) is 0.813. The van der Waals surface area contributed by atoms with E-state index in [4.69, 9.17) is 23.4 Å². The van der Waals surface area contributed by atoms with Gasteiger partial charge in [0.05, 0.1) is 0 Å². The Morgan fingerprint density at radius 2 is 1.69 bits per heavy atom. The summed E-state index contributed by atoms with van der Waals surface area (Å²) in [5, 5.41) is 0. The first-order valence-corrected chi connectivity index (χ1v) is 8.64. The Labute approximate surface area is 88.2 Å². The first kappa shape index (κ1) is 11.1. The number of rotatable bonds is 2. The topological polar surface area (TPSA) is 26.3 Å². The summed E-state index contributed by atoms with van der Waals surface area (Å²) in [4.78, 5) is 0. The van der Waals surface area contributed by atoms with E-state index in [1.807, 2.05) is 32.0 Å². The van der Waals surface area contributed by atoms with E-state index in [9.17, 15) is 3.67 Å². The predicted molar refractivity (Wildman–Crippen MR) is 48.9 cm³/mol. The molecule has 0 fully saturated rings. The van der Waals surface area contributed by atoms with Crippen molar-refractivity contribution >= 4 is 19.7 Å². The van der Waals surface area contributed by atoms with E-state index in [0.29, 0.717) is 5.75 Å². The molecule has 0 aliphatic rings. The van der Waals surface area contributed by atoms with Crippen LogP contribution < -0.4 is 3.66 Å². The van der Waals surface area contributed by atoms with E-state index in [2.05, 4.69) is 0 Å². The molecule has 2 nitrogen and oxygen atoms in total. The molecule has 0 spiro atoms. The van der Waals surface area contributed by atoms with E-state index >= 15 is 0 Å². The van der Waals surface area contributed by atoms with Crippen molar-refractivity contribution in [3.8, 4) is 5.75 Å². The second-order valence-corrected chi connectivity index (χ2v) is 8.69. The summed E-state index contributed by atoms with van der Waals surface area (Å²) in [6.07, 6.45) is 0. The second kappa shape index (κ2) is 4.01. The molecule has 0 aliphatic heterocycles. The van der Waals surface area contributed by atoms with Crippen LogP contribution in [0.15, 0.2) is 18.2 Å². The average molecular weight is 259 g/mol. The van der Waals surface area contributed by atoms with Gasteiger partial charge in [0.2, 0.25) is 0 Å². The Balaban J connectivity index is 3.07. The molecule has 0 bridgehead atoms. The standard InChI is InChI=1S/C8H10O.2ClH.O.V/c1-6-4-3-5-7(2)8(6)9;;;;/h3-5,9H,1-2H3;2*1H;;/q;;;;+3/p-3. The summed E-state index contributed by atoms with van der Waals surface area (Å²) in [5.74, 6) is 0.523. The van der Waals surface area contributed by atoms with E-state index in [-0.39, 0.29) is 0 Å². The van der Waals surface area contributed by atoms with Crippen molar-refractivity contribution in [3.63, 3.8) is 0 Å². The number of benzene rings is 1. The maximum atomic E-state index is 11.1. The zero-order valence-electron chi connectivity index (χ0n) is 7.25. The molecule has 0 atom stereocenters. The van der Waals surface area contributed by atoms with Crippen molar-refractivity contribution in [2.24, 2.45) is 0 Å². The molecule has 1 rings (SSSR count). The predicted octanol–water partition coefficient (Wildman–Crippen LogP) is 3.40. The third-order valence-corrected chi connectivity index (χ3v) is 2.79. The van der Waals surface area contributed by atoms with Crippen molar-refractivity contribution in [2.45, 2.75) is 13.8 Å². The first-order valence-electron chi connectivity index (χ1n) is 3.65. The summed E-state index contributed by atoms with van der Waals surface area (Å²) < 4.78 is 16.1. The van der Waals surface area contributed by atoms with Gasteiger partial charge in [-0.1, -0.05) is 0 Å². The first-order chi connectivity index (χ1) is 5.90. The summed E-state index contributed by atoms with van der Waals surface area (Å²) in [6, 6.07) is 5.58. The molecule has 0 saturated carbocycles. The van der Waals surface area contributed by atoms with Crippen LogP contribution in [-0.4, -0.2) is 0 Å². The molecule has 0 N–H and O–H groups in total. The van der Waals surface area contributed by atoms with Crippen LogP contribution in [0.1, 0.15) is 11.1 Å². The Morgan fingerprint density at radius 3 is 2.08 bits per heavy atom. The molecule has 1 aromatic carbocycles. The number of halogens is 2. The minimum absolute atomic E-state index is 0.523. The van der Waals surface area contributed by atoms with Crippen molar-refractivity contribution < 1.29 is 19.7 Å². The van der Waals surface area contributed by atoms with Crippen LogP contribution in [-0.2, 0) is 16.1 Å². The van der Waals surface area contributed by atoms with Crippen LogP contribution in [0, 0.1) is 13.8 Å². The van der Waals surface area contributed by atoms with Crippen LogP contribution >= 0.6 is 19.7 Å². The van der Waals surface area contributed by atoms with Crippen molar-refractivity contribution in [2.75, 3.05) is 0 Å². The van der Waals surface area contributed by atoms with Gasteiger partial charge in [0.1, 0.15) is 0 Å². The van der Waals surface area contributed by atoms with Gasteiger partial charge in [0.15, 0.2) is 0 Å². The van der Waals surface area contributed by atoms with Gasteiger partial charge < -0.3 is 0 Å². The molecule has 0 radical (unpaired) electrons. The Morgan fingerprint density at radius 1 is 1.23 bits per heavy atom. The van der Waals surface area contributed by atoms with E-state index in [1.54, 1.807) is 0 Å². The minimum atomic E-state index is -4.09. The monoisotopic (exact) mass is 258 g/mol. The SMILES string of the molecule is Cc1cccc(C)c1[O][V](=[O])([Cl])[Cl]. The summed E-state index contributed by atoms with van der Waals surface area (Å²) in [6.45, 7) is 3.70. The van der Waals surface area contributed by atoms with E-state index in [1.165, 1.54) is 0 Å². The fourth-order valence-corrected chi connectivity index (χ4v) is 2.40.